The van der Waals surface area contributed by atoms with E-state index in [1.807, 2.05) is 31.2 Å². The lowest BCUT2D eigenvalue weighted by molar-refractivity contribution is 0.0663. The molecule has 0 amide bonds. The van der Waals surface area contributed by atoms with Crippen LogP contribution in [0.25, 0.3) is 0 Å². The van der Waals surface area contributed by atoms with Crippen molar-refractivity contribution >= 4 is 15.9 Å². The molecule has 2 N–H and O–H groups in total. The SMILES string of the molecule is CCOCCC(CO)(CO)c1ccccc1Br. The summed E-state index contributed by atoms with van der Waals surface area (Å²) in [6, 6.07) is 7.65. The number of aliphatic hydroxyl groups is 2. The standard InChI is InChI=1S/C13H19BrO3/c1-2-17-8-7-13(9-15,10-16)11-5-3-4-6-12(11)14/h3-6,15-16H,2,7-10H2,1H3. The summed E-state index contributed by atoms with van der Waals surface area (Å²) >= 11 is 3.46. The molecule has 0 saturated carbocycles. The molecule has 3 nitrogen and oxygen atoms in total. The van der Waals surface area contributed by atoms with Crippen molar-refractivity contribution in [2.75, 3.05) is 26.4 Å². The van der Waals surface area contributed by atoms with Gasteiger partial charge < -0.3 is 14.9 Å². The molecule has 1 aromatic carbocycles. The Morgan fingerprint density at radius 1 is 1.24 bits per heavy atom. The molecule has 4 heteroatoms. The van der Waals surface area contributed by atoms with Crippen LogP contribution in [0, 0.1) is 0 Å². The van der Waals surface area contributed by atoms with Crippen molar-refractivity contribution in [1.29, 1.82) is 0 Å². The molecule has 0 bridgehead atoms. The van der Waals surface area contributed by atoms with Crippen molar-refractivity contribution in [2.24, 2.45) is 0 Å². The van der Waals surface area contributed by atoms with Gasteiger partial charge in [0.25, 0.3) is 0 Å². The highest BCUT2D eigenvalue weighted by Gasteiger charge is 2.32. The Balaban J connectivity index is 2.94. The highest BCUT2D eigenvalue weighted by Crippen LogP contribution is 2.33. The molecular formula is C13H19BrO3. The number of benzene rings is 1. The van der Waals surface area contributed by atoms with Gasteiger partial charge in [0.1, 0.15) is 0 Å². The van der Waals surface area contributed by atoms with Crippen molar-refractivity contribution in [3.8, 4) is 0 Å². The Kier molecular flexibility index (Phi) is 6.12. The molecule has 0 radical (unpaired) electrons. The third-order valence-corrected chi connectivity index (χ3v) is 3.67. The summed E-state index contributed by atoms with van der Waals surface area (Å²) in [5.41, 5.74) is 0.277. The van der Waals surface area contributed by atoms with Crippen LogP contribution in [0.1, 0.15) is 18.9 Å². The van der Waals surface area contributed by atoms with Gasteiger partial charge in [-0.25, -0.2) is 0 Å². The molecule has 0 aliphatic rings. The van der Waals surface area contributed by atoms with Gasteiger partial charge in [0.15, 0.2) is 0 Å². The molecule has 1 rings (SSSR count). The van der Waals surface area contributed by atoms with E-state index < -0.39 is 5.41 Å². The Hall–Kier alpha value is -0.420. The van der Waals surface area contributed by atoms with Gasteiger partial charge in [-0.15, -0.1) is 0 Å². The van der Waals surface area contributed by atoms with Crippen LogP contribution in [0.4, 0.5) is 0 Å². The van der Waals surface area contributed by atoms with E-state index in [1.54, 1.807) is 0 Å². The summed E-state index contributed by atoms with van der Waals surface area (Å²) in [5.74, 6) is 0. The normalized spacial score (nSPS) is 11.8. The second-order valence-corrected chi connectivity index (χ2v) is 4.88. The first kappa shape index (κ1) is 14.6. The average Bonchev–Trinajstić information content (AvgIpc) is 2.36. The summed E-state index contributed by atoms with van der Waals surface area (Å²) in [7, 11) is 0. The first-order valence-corrected chi connectivity index (χ1v) is 6.54. The van der Waals surface area contributed by atoms with E-state index >= 15 is 0 Å². The Morgan fingerprint density at radius 3 is 2.41 bits per heavy atom. The van der Waals surface area contributed by atoms with Crippen LogP contribution in [0.3, 0.4) is 0 Å². The van der Waals surface area contributed by atoms with E-state index in [0.717, 1.165) is 10.0 Å². The van der Waals surface area contributed by atoms with E-state index in [2.05, 4.69) is 15.9 Å². The third kappa shape index (κ3) is 3.52. The largest absolute Gasteiger partial charge is 0.395 e. The van der Waals surface area contributed by atoms with Crippen LogP contribution in [-0.4, -0.2) is 36.6 Å². The van der Waals surface area contributed by atoms with Gasteiger partial charge in [-0.2, -0.15) is 0 Å². The van der Waals surface area contributed by atoms with Crippen LogP contribution in [0.5, 0.6) is 0 Å². The topological polar surface area (TPSA) is 49.7 Å². The number of hydrogen-bond donors (Lipinski definition) is 2. The van der Waals surface area contributed by atoms with E-state index in [0.29, 0.717) is 19.6 Å². The summed E-state index contributed by atoms with van der Waals surface area (Å²) in [6.45, 7) is 2.90. The maximum Gasteiger partial charge on any atom is 0.0551 e. The minimum absolute atomic E-state index is 0.0980. The lowest BCUT2D eigenvalue weighted by Crippen LogP contribution is -2.36. The number of aliphatic hydroxyl groups excluding tert-OH is 2. The van der Waals surface area contributed by atoms with Crippen molar-refractivity contribution in [2.45, 2.75) is 18.8 Å². The molecule has 0 saturated heterocycles. The van der Waals surface area contributed by atoms with Crippen molar-refractivity contribution < 1.29 is 14.9 Å². The molecule has 0 atom stereocenters. The highest BCUT2D eigenvalue weighted by atomic mass is 79.9. The monoisotopic (exact) mass is 302 g/mol. The van der Waals surface area contributed by atoms with Crippen molar-refractivity contribution in [3.05, 3.63) is 34.3 Å². The first-order chi connectivity index (χ1) is 8.20. The van der Waals surface area contributed by atoms with Gasteiger partial charge in [-0.1, -0.05) is 34.1 Å². The Morgan fingerprint density at radius 2 is 1.88 bits per heavy atom. The predicted molar refractivity (Wildman–Crippen MR) is 71.1 cm³/mol. The lowest BCUT2D eigenvalue weighted by atomic mass is 9.79. The van der Waals surface area contributed by atoms with Gasteiger partial charge in [-0.05, 0) is 25.0 Å². The van der Waals surface area contributed by atoms with Crippen molar-refractivity contribution in [3.63, 3.8) is 0 Å². The average molecular weight is 303 g/mol. The molecule has 0 spiro atoms. The number of halogens is 1. The molecule has 17 heavy (non-hydrogen) atoms. The fourth-order valence-electron chi connectivity index (χ4n) is 1.82. The second-order valence-electron chi connectivity index (χ2n) is 4.02. The van der Waals surface area contributed by atoms with Gasteiger partial charge in [0, 0.05) is 23.1 Å². The Bertz CT molecular complexity index is 337. The first-order valence-electron chi connectivity index (χ1n) is 5.74. The lowest BCUT2D eigenvalue weighted by Gasteiger charge is -2.31. The number of rotatable bonds is 7. The van der Waals surface area contributed by atoms with E-state index in [9.17, 15) is 10.2 Å². The van der Waals surface area contributed by atoms with E-state index in [-0.39, 0.29) is 13.2 Å². The smallest absolute Gasteiger partial charge is 0.0551 e. The molecule has 0 aliphatic carbocycles. The summed E-state index contributed by atoms with van der Waals surface area (Å²) in [6.07, 6.45) is 0.594. The van der Waals surface area contributed by atoms with Gasteiger partial charge in [0.2, 0.25) is 0 Å². The van der Waals surface area contributed by atoms with Gasteiger partial charge >= 0.3 is 0 Å². The third-order valence-electron chi connectivity index (χ3n) is 2.98. The maximum absolute atomic E-state index is 9.62. The highest BCUT2D eigenvalue weighted by molar-refractivity contribution is 9.10. The van der Waals surface area contributed by atoms with E-state index in [4.69, 9.17) is 4.74 Å². The van der Waals surface area contributed by atoms with Crippen LogP contribution >= 0.6 is 15.9 Å². The summed E-state index contributed by atoms with van der Waals surface area (Å²) in [5, 5.41) is 19.2. The Labute approximate surface area is 111 Å². The number of hydrogen-bond acceptors (Lipinski definition) is 3. The fourth-order valence-corrected chi connectivity index (χ4v) is 2.52. The van der Waals surface area contributed by atoms with Crippen molar-refractivity contribution in [1.82, 2.24) is 0 Å². The summed E-state index contributed by atoms with van der Waals surface area (Å²) < 4.78 is 6.22. The van der Waals surface area contributed by atoms with Crippen LogP contribution < -0.4 is 0 Å². The molecule has 96 valence electrons. The minimum Gasteiger partial charge on any atom is -0.395 e. The van der Waals surface area contributed by atoms with Gasteiger partial charge in [0.05, 0.1) is 13.2 Å². The van der Waals surface area contributed by atoms with E-state index in [1.165, 1.54) is 0 Å². The van der Waals surface area contributed by atoms with Crippen LogP contribution in [-0.2, 0) is 10.2 Å². The summed E-state index contributed by atoms with van der Waals surface area (Å²) in [4.78, 5) is 0. The quantitative estimate of drug-likeness (QED) is 0.758. The van der Waals surface area contributed by atoms with Crippen LogP contribution in [0.2, 0.25) is 0 Å². The fraction of sp³-hybridized carbons (Fsp3) is 0.538. The number of ether oxygens (including phenoxy) is 1. The zero-order valence-electron chi connectivity index (χ0n) is 10.0. The molecular weight excluding hydrogens is 284 g/mol. The maximum atomic E-state index is 9.62. The molecule has 0 fully saturated rings. The molecule has 0 unspecified atom stereocenters. The predicted octanol–water partition coefficient (Wildman–Crippen LogP) is 2.10. The zero-order valence-corrected chi connectivity index (χ0v) is 11.6. The van der Waals surface area contributed by atoms with Crippen LogP contribution in [0.15, 0.2) is 28.7 Å². The molecule has 0 aromatic heterocycles. The molecule has 1 aromatic rings. The molecule has 0 aliphatic heterocycles. The second kappa shape index (κ2) is 7.11. The zero-order chi connectivity index (χ0) is 12.7. The van der Waals surface area contributed by atoms with Gasteiger partial charge in [-0.3, -0.25) is 0 Å². The molecule has 0 heterocycles. The minimum atomic E-state index is -0.644.